The quantitative estimate of drug-likeness (QED) is 0.249. The van der Waals surface area contributed by atoms with Gasteiger partial charge in [-0.2, -0.15) is 0 Å². The molecule has 33 heavy (non-hydrogen) atoms. The van der Waals surface area contributed by atoms with E-state index >= 15 is 0 Å². The lowest BCUT2D eigenvalue weighted by Crippen LogP contribution is -2.38. The van der Waals surface area contributed by atoms with Crippen molar-refractivity contribution in [3.8, 4) is 17.1 Å². The average molecular weight is 469 g/mol. The number of hydrogen-bond donors (Lipinski definition) is 3. The molecule has 0 amide bonds. The van der Waals surface area contributed by atoms with Crippen molar-refractivity contribution < 1.29 is 32.7 Å². The molecule has 4 N–H and O–H groups in total. The SMILES string of the molecule is Nc1c(-c2cc(Cc3ccc(OCc4ccncc4)cc3)no2)ccc[n+]1COP(=O)(O)O. The van der Waals surface area contributed by atoms with Gasteiger partial charge in [-0.15, -0.1) is 0 Å². The highest BCUT2D eigenvalue weighted by Crippen LogP contribution is 2.35. The predicted octanol–water partition coefficient (Wildman–Crippen LogP) is 2.84. The number of ether oxygens (including phenoxy) is 1. The molecule has 0 aliphatic rings. The van der Waals surface area contributed by atoms with Crippen LogP contribution in [0.4, 0.5) is 5.82 Å². The van der Waals surface area contributed by atoms with Crippen molar-refractivity contribution in [2.45, 2.75) is 19.8 Å². The van der Waals surface area contributed by atoms with Gasteiger partial charge in [-0.3, -0.25) is 10.7 Å². The molecule has 0 unspecified atom stereocenters. The van der Waals surface area contributed by atoms with E-state index in [1.165, 1.54) is 4.57 Å². The van der Waals surface area contributed by atoms with E-state index in [1.807, 2.05) is 36.4 Å². The maximum atomic E-state index is 10.9. The second-order valence-electron chi connectivity index (χ2n) is 7.17. The van der Waals surface area contributed by atoms with E-state index < -0.39 is 14.6 Å². The van der Waals surface area contributed by atoms with Crippen LogP contribution in [0.3, 0.4) is 0 Å². The molecule has 0 saturated carbocycles. The highest BCUT2D eigenvalue weighted by atomic mass is 31.2. The Hall–Kier alpha value is -3.56. The summed E-state index contributed by atoms with van der Waals surface area (Å²) in [6.07, 6.45) is 5.55. The number of anilines is 1. The number of benzene rings is 1. The zero-order valence-electron chi connectivity index (χ0n) is 17.4. The van der Waals surface area contributed by atoms with Gasteiger partial charge in [-0.05, 0) is 47.5 Å². The number of phosphoric ester groups is 1. The van der Waals surface area contributed by atoms with Gasteiger partial charge in [0.1, 0.15) is 17.9 Å². The highest BCUT2D eigenvalue weighted by molar-refractivity contribution is 7.46. The van der Waals surface area contributed by atoms with Crippen molar-refractivity contribution in [3.63, 3.8) is 0 Å². The number of aromatic nitrogens is 3. The van der Waals surface area contributed by atoms with Gasteiger partial charge in [-0.1, -0.05) is 17.3 Å². The summed E-state index contributed by atoms with van der Waals surface area (Å²) >= 11 is 0. The first-order valence-corrected chi connectivity index (χ1v) is 11.4. The van der Waals surface area contributed by atoms with Gasteiger partial charge in [0.25, 0.3) is 5.82 Å². The lowest BCUT2D eigenvalue weighted by Gasteiger charge is -2.07. The number of nitrogens with zero attached hydrogens (tertiary/aromatic N) is 3. The third-order valence-electron chi connectivity index (χ3n) is 4.77. The second kappa shape index (κ2) is 9.93. The van der Waals surface area contributed by atoms with Gasteiger partial charge < -0.3 is 19.0 Å². The zero-order valence-corrected chi connectivity index (χ0v) is 18.3. The van der Waals surface area contributed by atoms with Crippen molar-refractivity contribution in [1.82, 2.24) is 10.1 Å². The average Bonchev–Trinajstić information content (AvgIpc) is 3.26. The Balaban J connectivity index is 1.40. The molecule has 4 rings (SSSR count). The third-order valence-corrected chi connectivity index (χ3v) is 5.22. The van der Waals surface area contributed by atoms with Crippen LogP contribution in [0.2, 0.25) is 0 Å². The summed E-state index contributed by atoms with van der Waals surface area (Å²) in [6, 6.07) is 16.7. The molecular weight excluding hydrogens is 447 g/mol. The summed E-state index contributed by atoms with van der Waals surface area (Å²) in [7, 11) is -4.62. The summed E-state index contributed by atoms with van der Waals surface area (Å²) < 4.78 is 28.1. The first-order chi connectivity index (χ1) is 15.9. The third kappa shape index (κ3) is 6.24. The molecule has 0 saturated heterocycles. The van der Waals surface area contributed by atoms with Crippen molar-refractivity contribution in [2.24, 2.45) is 0 Å². The van der Waals surface area contributed by atoms with E-state index in [0.717, 1.165) is 16.9 Å². The molecule has 0 aliphatic carbocycles. The summed E-state index contributed by atoms with van der Waals surface area (Å²) in [5, 5.41) is 4.11. The van der Waals surface area contributed by atoms with Crippen LogP contribution < -0.4 is 15.0 Å². The van der Waals surface area contributed by atoms with E-state index in [-0.39, 0.29) is 5.82 Å². The molecule has 10 nitrogen and oxygen atoms in total. The standard InChI is InChI=1S/C22H21N4O6P/c23-22-20(2-1-11-26(22)15-31-33(27,28)29)21-13-18(25-32-21)12-16-3-5-19(6-4-16)30-14-17-7-9-24-10-8-17/h1-11,13,23H,12,14-15H2,(H2,27,28,29)/p+1. The van der Waals surface area contributed by atoms with Crippen LogP contribution in [0, 0.1) is 0 Å². The molecule has 0 radical (unpaired) electrons. The number of hydrogen-bond acceptors (Lipinski definition) is 7. The van der Waals surface area contributed by atoms with Crippen LogP contribution in [-0.2, 0) is 28.8 Å². The van der Waals surface area contributed by atoms with Crippen LogP contribution in [-0.4, -0.2) is 19.9 Å². The van der Waals surface area contributed by atoms with Crippen LogP contribution >= 0.6 is 7.82 Å². The van der Waals surface area contributed by atoms with E-state index in [0.29, 0.717) is 30.0 Å². The molecule has 170 valence electrons. The van der Waals surface area contributed by atoms with Gasteiger partial charge in [0.15, 0.2) is 5.76 Å². The number of pyridine rings is 2. The lowest BCUT2D eigenvalue weighted by atomic mass is 10.1. The van der Waals surface area contributed by atoms with Crippen molar-refractivity contribution >= 4 is 13.6 Å². The van der Waals surface area contributed by atoms with E-state index in [4.69, 9.17) is 24.8 Å². The number of rotatable bonds is 9. The molecule has 0 spiro atoms. The highest BCUT2D eigenvalue weighted by Gasteiger charge is 2.20. The van der Waals surface area contributed by atoms with Crippen molar-refractivity contribution in [1.29, 1.82) is 0 Å². The largest absolute Gasteiger partial charge is 0.489 e. The topological polar surface area (TPSA) is 145 Å². The van der Waals surface area contributed by atoms with Crippen molar-refractivity contribution in [3.05, 3.63) is 90.0 Å². The molecule has 0 bridgehead atoms. The normalized spacial score (nSPS) is 11.5. The second-order valence-corrected chi connectivity index (χ2v) is 8.41. The zero-order chi connectivity index (χ0) is 23.3. The monoisotopic (exact) mass is 469 g/mol. The summed E-state index contributed by atoms with van der Waals surface area (Å²) in [5.41, 5.74) is 9.42. The Morgan fingerprint density at radius 3 is 2.55 bits per heavy atom. The maximum Gasteiger partial charge on any atom is 0.472 e. The van der Waals surface area contributed by atoms with Crippen LogP contribution in [0.15, 0.2) is 77.7 Å². The van der Waals surface area contributed by atoms with E-state index in [1.54, 1.807) is 36.8 Å². The number of nitrogen functional groups attached to an aromatic ring is 1. The Labute approximate surface area is 189 Å². The van der Waals surface area contributed by atoms with Gasteiger partial charge in [0.05, 0.1) is 11.9 Å². The van der Waals surface area contributed by atoms with Crippen molar-refractivity contribution in [2.75, 3.05) is 5.73 Å². The molecule has 1 aromatic carbocycles. The fourth-order valence-corrected chi connectivity index (χ4v) is 3.38. The van der Waals surface area contributed by atoms with Gasteiger partial charge in [-0.25, -0.2) is 13.7 Å². The molecule has 0 fully saturated rings. The van der Waals surface area contributed by atoms with Crippen LogP contribution in [0.5, 0.6) is 5.75 Å². The first kappa shape index (κ1) is 22.6. The number of nitrogens with two attached hydrogens (primary N) is 1. The lowest BCUT2D eigenvalue weighted by molar-refractivity contribution is -0.711. The molecular formula is C22H22N4O6P+. The molecule has 3 aromatic heterocycles. The predicted molar refractivity (Wildman–Crippen MR) is 117 cm³/mol. The maximum absolute atomic E-state index is 10.9. The number of phosphoric acid groups is 1. The Morgan fingerprint density at radius 2 is 1.82 bits per heavy atom. The van der Waals surface area contributed by atoms with E-state index in [9.17, 15) is 4.57 Å². The molecule has 11 heteroatoms. The van der Waals surface area contributed by atoms with Crippen LogP contribution in [0.25, 0.3) is 11.3 Å². The fraction of sp³-hybridized carbons (Fsp3) is 0.136. The Kier molecular flexibility index (Phi) is 6.81. The first-order valence-electron chi connectivity index (χ1n) is 9.92. The molecule has 0 aliphatic heterocycles. The van der Waals surface area contributed by atoms with Gasteiger partial charge in [0.2, 0.25) is 6.73 Å². The summed E-state index contributed by atoms with van der Waals surface area (Å²) in [6.45, 7) is 0.0622. The smallest absolute Gasteiger partial charge is 0.472 e. The minimum Gasteiger partial charge on any atom is -0.489 e. The van der Waals surface area contributed by atoms with Gasteiger partial charge in [0, 0.05) is 24.9 Å². The fourth-order valence-electron chi connectivity index (χ4n) is 3.10. The Bertz CT molecular complexity index is 1260. The van der Waals surface area contributed by atoms with E-state index in [2.05, 4.69) is 14.7 Å². The molecule has 4 aromatic rings. The molecule has 3 heterocycles. The summed E-state index contributed by atoms with van der Waals surface area (Å²) in [5.74, 6) is 1.42. The minimum atomic E-state index is -4.62. The van der Waals surface area contributed by atoms with Crippen LogP contribution in [0.1, 0.15) is 16.8 Å². The summed E-state index contributed by atoms with van der Waals surface area (Å²) in [4.78, 5) is 21.8. The Morgan fingerprint density at radius 1 is 1.06 bits per heavy atom. The molecule has 0 atom stereocenters. The van der Waals surface area contributed by atoms with Gasteiger partial charge >= 0.3 is 7.82 Å². The minimum absolute atomic E-state index is 0.226.